The second-order valence-corrected chi connectivity index (χ2v) is 5.68. The van der Waals surface area contributed by atoms with Gasteiger partial charge in [-0.15, -0.1) is 0 Å². The average Bonchev–Trinajstić information content (AvgIpc) is 2.32. The molecule has 1 heterocycles. The first-order chi connectivity index (χ1) is 8.50. The van der Waals surface area contributed by atoms with Gasteiger partial charge >= 0.3 is 0 Å². The number of anilines is 1. The predicted octanol–water partition coefficient (Wildman–Crippen LogP) is 1.94. The Hall–Kier alpha value is -1.07. The fraction of sp³-hybridized carbons (Fsp3) is 0.462. The lowest BCUT2D eigenvalue weighted by molar-refractivity contribution is 0.0971. The zero-order chi connectivity index (χ0) is 13.3. The van der Waals surface area contributed by atoms with Gasteiger partial charge in [0, 0.05) is 23.2 Å². The summed E-state index contributed by atoms with van der Waals surface area (Å²) in [5, 5.41) is 17.5. The normalized spacial score (nSPS) is 24.1. The summed E-state index contributed by atoms with van der Waals surface area (Å²) in [6, 6.07) is 5.82. The van der Waals surface area contributed by atoms with Crippen molar-refractivity contribution in [2.24, 2.45) is 11.7 Å². The van der Waals surface area contributed by atoms with Crippen molar-refractivity contribution < 1.29 is 5.11 Å². The maximum Gasteiger partial charge on any atom is 0.126 e. The zero-order valence-corrected chi connectivity index (χ0v) is 11.9. The van der Waals surface area contributed by atoms with Gasteiger partial charge < -0.3 is 15.7 Å². The van der Waals surface area contributed by atoms with Crippen LogP contribution in [0.25, 0.3) is 0 Å². The molecule has 2 atom stereocenters. The lowest BCUT2D eigenvalue weighted by atomic mass is 9.95. The molecule has 18 heavy (non-hydrogen) atoms. The molecule has 1 aromatic rings. The zero-order valence-electron chi connectivity index (χ0n) is 10.4. The summed E-state index contributed by atoms with van der Waals surface area (Å²) in [4.78, 5) is 2.19. The molecular formula is C13H18BrN3O. The number of aliphatic hydroxyl groups excluding tert-OH is 1. The third-order valence-corrected chi connectivity index (χ3v) is 4.12. The Morgan fingerprint density at radius 3 is 2.89 bits per heavy atom. The molecule has 0 aromatic heterocycles. The summed E-state index contributed by atoms with van der Waals surface area (Å²) < 4.78 is 0.839. The number of hydrogen-bond donors (Lipinski definition) is 3. The topological polar surface area (TPSA) is 73.3 Å². The Morgan fingerprint density at radius 2 is 2.28 bits per heavy atom. The monoisotopic (exact) mass is 311 g/mol. The van der Waals surface area contributed by atoms with Crippen molar-refractivity contribution in [1.82, 2.24) is 0 Å². The van der Waals surface area contributed by atoms with Crippen molar-refractivity contribution in [3.8, 4) is 0 Å². The van der Waals surface area contributed by atoms with Crippen LogP contribution >= 0.6 is 15.9 Å². The number of aliphatic hydroxyl groups is 1. The largest absolute Gasteiger partial charge is 0.393 e. The molecule has 2 unspecified atom stereocenters. The maximum absolute atomic E-state index is 9.77. The number of piperidine rings is 1. The van der Waals surface area contributed by atoms with Gasteiger partial charge in [-0.3, -0.25) is 5.41 Å². The van der Waals surface area contributed by atoms with Gasteiger partial charge in [0.05, 0.1) is 11.7 Å². The van der Waals surface area contributed by atoms with Crippen LogP contribution in [-0.2, 0) is 0 Å². The van der Waals surface area contributed by atoms with Crippen molar-refractivity contribution in [3.63, 3.8) is 0 Å². The Labute approximate surface area is 115 Å². The number of nitrogens with zero attached hydrogens (tertiary/aromatic N) is 1. The number of rotatable bonds is 2. The SMILES string of the molecule is CC1CN(c2cccc(Br)c2C(=N)N)CCC1O. The molecule has 5 heteroatoms. The van der Waals surface area contributed by atoms with Crippen LogP contribution < -0.4 is 10.6 Å². The molecular weight excluding hydrogens is 294 g/mol. The van der Waals surface area contributed by atoms with Gasteiger partial charge in [-0.25, -0.2) is 0 Å². The molecule has 4 N–H and O–H groups in total. The van der Waals surface area contributed by atoms with E-state index in [0.29, 0.717) is 0 Å². The van der Waals surface area contributed by atoms with E-state index in [1.54, 1.807) is 0 Å². The first-order valence-corrected chi connectivity index (χ1v) is 6.86. The first kappa shape index (κ1) is 13.4. The van der Waals surface area contributed by atoms with Crippen LogP contribution in [0.1, 0.15) is 18.9 Å². The molecule has 1 aromatic carbocycles. The molecule has 0 saturated carbocycles. The molecule has 0 bridgehead atoms. The summed E-state index contributed by atoms with van der Waals surface area (Å²) in [5.41, 5.74) is 7.37. The van der Waals surface area contributed by atoms with E-state index >= 15 is 0 Å². The van der Waals surface area contributed by atoms with Crippen molar-refractivity contribution in [2.75, 3.05) is 18.0 Å². The van der Waals surface area contributed by atoms with E-state index in [4.69, 9.17) is 11.1 Å². The molecule has 0 radical (unpaired) electrons. The number of amidine groups is 1. The van der Waals surface area contributed by atoms with Crippen LogP contribution in [0.15, 0.2) is 22.7 Å². The second kappa shape index (κ2) is 5.28. The van der Waals surface area contributed by atoms with Crippen molar-refractivity contribution in [1.29, 1.82) is 5.41 Å². The summed E-state index contributed by atoms with van der Waals surface area (Å²) in [6.07, 6.45) is 0.527. The van der Waals surface area contributed by atoms with Gasteiger partial charge in [0.15, 0.2) is 0 Å². The van der Waals surface area contributed by atoms with Gasteiger partial charge in [-0.1, -0.05) is 13.0 Å². The molecule has 98 valence electrons. The minimum atomic E-state index is -0.228. The standard InChI is InChI=1S/C13H18BrN3O/c1-8-7-17(6-5-11(8)18)10-4-2-3-9(14)12(10)13(15)16/h2-4,8,11,18H,5-7H2,1H3,(H3,15,16). The van der Waals surface area contributed by atoms with E-state index in [2.05, 4.69) is 20.8 Å². The van der Waals surface area contributed by atoms with Crippen LogP contribution in [0.3, 0.4) is 0 Å². The number of hydrogen-bond acceptors (Lipinski definition) is 3. The van der Waals surface area contributed by atoms with E-state index in [1.165, 1.54) is 0 Å². The summed E-state index contributed by atoms with van der Waals surface area (Å²) >= 11 is 3.44. The van der Waals surface area contributed by atoms with Crippen LogP contribution in [0.5, 0.6) is 0 Å². The molecule has 4 nitrogen and oxygen atoms in total. The van der Waals surface area contributed by atoms with E-state index < -0.39 is 0 Å². The molecule has 1 saturated heterocycles. The van der Waals surface area contributed by atoms with Crippen LogP contribution in [0, 0.1) is 11.3 Å². The minimum absolute atomic E-state index is 0.0660. The van der Waals surface area contributed by atoms with E-state index in [9.17, 15) is 5.11 Å². The summed E-state index contributed by atoms with van der Waals surface area (Å²) in [7, 11) is 0. The van der Waals surface area contributed by atoms with Crippen LogP contribution in [0.4, 0.5) is 5.69 Å². The first-order valence-electron chi connectivity index (χ1n) is 6.06. The average molecular weight is 312 g/mol. The van der Waals surface area contributed by atoms with Gasteiger partial charge in [0.2, 0.25) is 0 Å². The minimum Gasteiger partial charge on any atom is -0.393 e. The number of halogens is 1. The third-order valence-electron chi connectivity index (χ3n) is 3.46. The van der Waals surface area contributed by atoms with Crippen molar-refractivity contribution in [3.05, 3.63) is 28.2 Å². The predicted molar refractivity (Wildman–Crippen MR) is 77.2 cm³/mol. The number of nitrogen functional groups attached to an aromatic ring is 1. The third kappa shape index (κ3) is 2.52. The molecule has 0 aliphatic carbocycles. The highest BCUT2D eigenvalue weighted by atomic mass is 79.9. The van der Waals surface area contributed by atoms with E-state index in [-0.39, 0.29) is 17.9 Å². The number of nitrogens with two attached hydrogens (primary N) is 1. The Bertz CT molecular complexity index is 464. The highest BCUT2D eigenvalue weighted by Crippen LogP contribution is 2.30. The molecule has 2 rings (SSSR count). The fourth-order valence-corrected chi connectivity index (χ4v) is 2.96. The summed E-state index contributed by atoms with van der Waals surface area (Å²) in [6.45, 7) is 3.63. The Morgan fingerprint density at radius 1 is 1.56 bits per heavy atom. The lowest BCUT2D eigenvalue weighted by Crippen LogP contribution is -2.42. The lowest BCUT2D eigenvalue weighted by Gasteiger charge is -2.37. The fourth-order valence-electron chi connectivity index (χ4n) is 2.39. The smallest absolute Gasteiger partial charge is 0.126 e. The Kier molecular flexibility index (Phi) is 3.92. The second-order valence-electron chi connectivity index (χ2n) is 4.83. The molecule has 1 fully saturated rings. The Balaban J connectivity index is 2.34. The molecule has 0 amide bonds. The summed E-state index contributed by atoms with van der Waals surface area (Å²) in [5.74, 6) is 0.300. The van der Waals surface area contributed by atoms with Gasteiger partial charge in [0.25, 0.3) is 0 Å². The molecule has 0 spiro atoms. The molecule has 1 aliphatic heterocycles. The highest BCUT2D eigenvalue weighted by Gasteiger charge is 2.26. The number of nitrogens with one attached hydrogen (secondary N) is 1. The van der Waals surface area contributed by atoms with E-state index in [1.807, 2.05) is 25.1 Å². The van der Waals surface area contributed by atoms with Crippen LogP contribution in [0.2, 0.25) is 0 Å². The maximum atomic E-state index is 9.77. The van der Waals surface area contributed by atoms with Gasteiger partial charge in [0.1, 0.15) is 5.84 Å². The molecule has 1 aliphatic rings. The van der Waals surface area contributed by atoms with Gasteiger partial charge in [-0.2, -0.15) is 0 Å². The highest BCUT2D eigenvalue weighted by molar-refractivity contribution is 9.10. The van der Waals surface area contributed by atoms with Crippen molar-refractivity contribution >= 4 is 27.5 Å². The van der Waals surface area contributed by atoms with Gasteiger partial charge in [-0.05, 0) is 40.4 Å². The number of benzene rings is 1. The van der Waals surface area contributed by atoms with Crippen LogP contribution in [-0.4, -0.2) is 30.1 Å². The quantitative estimate of drug-likeness (QED) is 0.577. The van der Waals surface area contributed by atoms with E-state index in [0.717, 1.165) is 35.2 Å². The van der Waals surface area contributed by atoms with Crippen molar-refractivity contribution in [2.45, 2.75) is 19.4 Å².